The Morgan fingerprint density at radius 1 is 0.971 bits per heavy atom. The average molecular weight is 454 g/mol. The SMILES string of the molecule is COc1ccc([C@H]2CC(c3ccccc3)=NN2C(=O)COc2ccc(-n3cnnn3)cc2)cc1. The van der Waals surface area contributed by atoms with E-state index in [2.05, 4.69) is 20.6 Å². The first-order valence-corrected chi connectivity index (χ1v) is 10.8. The van der Waals surface area contributed by atoms with E-state index < -0.39 is 0 Å². The predicted octanol–water partition coefficient (Wildman–Crippen LogP) is 3.43. The average Bonchev–Trinajstić information content (AvgIpc) is 3.59. The Morgan fingerprint density at radius 2 is 1.71 bits per heavy atom. The molecule has 0 fully saturated rings. The van der Waals surface area contributed by atoms with E-state index in [9.17, 15) is 4.79 Å². The van der Waals surface area contributed by atoms with Crippen LogP contribution in [0.3, 0.4) is 0 Å². The molecule has 2 heterocycles. The number of nitrogens with zero attached hydrogens (tertiary/aromatic N) is 6. The lowest BCUT2D eigenvalue weighted by Crippen LogP contribution is -2.31. The molecule has 0 aliphatic carbocycles. The van der Waals surface area contributed by atoms with E-state index >= 15 is 0 Å². The van der Waals surface area contributed by atoms with Gasteiger partial charge in [0, 0.05) is 6.42 Å². The van der Waals surface area contributed by atoms with Crippen molar-refractivity contribution in [3.8, 4) is 17.2 Å². The third-order valence-electron chi connectivity index (χ3n) is 5.59. The monoisotopic (exact) mass is 454 g/mol. The van der Waals surface area contributed by atoms with Gasteiger partial charge in [-0.3, -0.25) is 4.79 Å². The van der Waals surface area contributed by atoms with E-state index in [0.29, 0.717) is 12.2 Å². The minimum absolute atomic E-state index is 0.136. The molecule has 170 valence electrons. The van der Waals surface area contributed by atoms with Gasteiger partial charge in [0.05, 0.1) is 24.6 Å². The number of aromatic nitrogens is 4. The van der Waals surface area contributed by atoms with Crippen molar-refractivity contribution in [2.45, 2.75) is 12.5 Å². The molecule has 1 atom stereocenters. The van der Waals surface area contributed by atoms with Crippen molar-refractivity contribution in [2.24, 2.45) is 5.10 Å². The Bertz CT molecular complexity index is 1270. The summed E-state index contributed by atoms with van der Waals surface area (Å²) in [5, 5.41) is 17.3. The fourth-order valence-corrected chi connectivity index (χ4v) is 3.82. The third-order valence-corrected chi connectivity index (χ3v) is 5.59. The van der Waals surface area contributed by atoms with E-state index in [-0.39, 0.29) is 18.6 Å². The Labute approximate surface area is 196 Å². The molecule has 0 unspecified atom stereocenters. The summed E-state index contributed by atoms with van der Waals surface area (Å²) in [5.74, 6) is 1.10. The summed E-state index contributed by atoms with van der Waals surface area (Å²) in [4.78, 5) is 13.2. The normalized spacial score (nSPS) is 15.1. The van der Waals surface area contributed by atoms with Gasteiger partial charge in [-0.2, -0.15) is 5.10 Å². The van der Waals surface area contributed by atoms with Crippen molar-refractivity contribution in [3.05, 3.63) is 96.3 Å². The van der Waals surface area contributed by atoms with E-state index in [1.165, 1.54) is 11.3 Å². The van der Waals surface area contributed by atoms with Gasteiger partial charge in [-0.15, -0.1) is 5.10 Å². The molecular formula is C25H22N6O3. The zero-order valence-corrected chi connectivity index (χ0v) is 18.5. The van der Waals surface area contributed by atoms with Gasteiger partial charge in [-0.1, -0.05) is 42.5 Å². The molecule has 9 heteroatoms. The van der Waals surface area contributed by atoms with Crippen LogP contribution in [0.15, 0.2) is 90.3 Å². The molecule has 0 bridgehead atoms. The highest BCUT2D eigenvalue weighted by atomic mass is 16.5. The fourth-order valence-electron chi connectivity index (χ4n) is 3.82. The van der Waals surface area contributed by atoms with Crippen LogP contribution in [-0.4, -0.2) is 50.6 Å². The van der Waals surface area contributed by atoms with Crippen molar-refractivity contribution in [1.82, 2.24) is 25.2 Å². The van der Waals surface area contributed by atoms with E-state index in [0.717, 1.165) is 28.3 Å². The molecular weight excluding hydrogens is 432 g/mol. The predicted molar refractivity (Wildman–Crippen MR) is 125 cm³/mol. The van der Waals surface area contributed by atoms with Crippen LogP contribution in [0.1, 0.15) is 23.6 Å². The van der Waals surface area contributed by atoms with Gasteiger partial charge in [-0.25, -0.2) is 9.69 Å². The second-order valence-electron chi connectivity index (χ2n) is 7.68. The number of carbonyl (C=O) groups is 1. The van der Waals surface area contributed by atoms with Crippen molar-refractivity contribution >= 4 is 11.6 Å². The quantitative estimate of drug-likeness (QED) is 0.425. The van der Waals surface area contributed by atoms with Gasteiger partial charge >= 0.3 is 0 Å². The zero-order chi connectivity index (χ0) is 23.3. The van der Waals surface area contributed by atoms with Gasteiger partial charge < -0.3 is 9.47 Å². The van der Waals surface area contributed by atoms with Crippen molar-refractivity contribution < 1.29 is 14.3 Å². The summed E-state index contributed by atoms with van der Waals surface area (Å²) in [6, 6.07) is 24.6. The molecule has 0 spiro atoms. The van der Waals surface area contributed by atoms with Gasteiger partial charge in [0.1, 0.15) is 17.8 Å². The first kappa shape index (κ1) is 21.3. The number of benzene rings is 3. The number of amides is 1. The summed E-state index contributed by atoms with van der Waals surface area (Å²) in [6.07, 6.45) is 2.12. The van der Waals surface area contributed by atoms with Crippen LogP contribution in [0.5, 0.6) is 11.5 Å². The zero-order valence-electron chi connectivity index (χ0n) is 18.5. The summed E-state index contributed by atoms with van der Waals surface area (Å²) >= 11 is 0. The minimum Gasteiger partial charge on any atom is -0.497 e. The van der Waals surface area contributed by atoms with Crippen LogP contribution < -0.4 is 9.47 Å². The lowest BCUT2D eigenvalue weighted by atomic mass is 9.98. The van der Waals surface area contributed by atoms with Gasteiger partial charge in [0.15, 0.2) is 6.61 Å². The molecule has 5 rings (SSSR count). The molecule has 1 aliphatic rings. The Morgan fingerprint density at radius 3 is 2.38 bits per heavy atom. The Hall–Kier alpha value is -4.53. The highest BCUT2D eigenvalue weighted by molar-refractivity contribution is 6.03. The van der Waals surface area contributed by atoms with Gasteiger partial charge in [-0.05, 0) is 58.0 Å². The molecule has 1 aliphatic heterocycles. The van der Waals surface area contributed by atoms with Gasteiger partial charge in [0.25, 0.3) is 5.91 Å². The Kier molecular flexibility index (Phi) is 5.98. The lowest BCUT2D eigenvalue weighted by molar-refractivity contribution is -0.135. The maximum absolute atomic E-state index is 13.2. The maximum Gasteiger partial charge on any atom is 0.281 e. The smallest absolute Gasteiger partial charge is 0.281 e. The third kappa shape index (κ3) is 4.49. The van der Waals surface area contributed by atoms with Crippen molar-refractivity contribution in [2.75, 3.05) is 13.7 Å². The highest BCUT2D eigenvalue weighted by Crippen LogP contribution is 2.33. The number of tetrazole rings is 1. The number of carbonyl (C=O) groups excluding carboxylic acids is 1. The second kappa shape index (κ2) is 9.53. The van der Waals surface area contributed by atoms with E-state index in [4.69, 9.17) is 9.47 Å². The van der Waals surface area contributed by atoms with Crippen LogP contribution in [0.2, 0.25) is 0 Å². The number of hydrazone groups is 1. The van der Waals surface area contributed by atoms with Crippen LogP contribution >= 0.6 is 0 Å². The van der Waals surface area contributed by atoms with Crippen LogP contribution in [-0.2, 0) is 4.79 Å². The molecule has 1 amide bonds. The van der Waals surface area contributed by atoms with E-state index in [1.54, 1.807) is 23.9 Å². The maximum atomic E-state index is 13.2. The molecule has 9 nitrogen and oxygen atoms in total. The lowest BCUT2D eigenvalue weighted by Gasteiger charge is -2.22. The number of ether oxygens (including phenoxy) is 2. The molecule has 3 aromatic carbocycles. The second-order valence-corrected chi connectivity index (χ2v) is 7.68. The van der Waals surface area contributed by atoms with Crippen molar-refractivity contribution in [1.29, 1.82) is 0 Å². The summed E-state index contributed by atoms with van der Waals surface area (Å²) in [5.41, 5.74) is 3.63. The summed E-state index contributed by atoms with van der Waals surface area (Å²) in [7, 11) is 1.63. The molecule has 0 saturated carbocycles. The van der Waals surface area contributed by atoms with E-state index in [1.807, 2.05) is 66.7 Å². The van der Waals surface area contributed by atoms with Gasteiger partial charge in [0.2, 0.25) is 0 Å². The number of methoxy groups -OCH3 is 1. The molecule has 34 heavy (non-hydrogen) atoms. The highest BCUT2D eigenvalue weighted by Gasteiger charge is 2.33. The fraction of sp³-hybridized carbons (Fsp3) is 0.160. The number of hydrogen-bond donors (Lipinski definition) is 0. The number of hydrogen-bond acceptors (Lipinski definition) is 7. The van der Waals surface area contributed by atoms with Crippen LogP contribution in [0, 0.1) is 0 Å². The standard InChI is InChI=1S/C25H22N6O3/c1-33-21-11-7-19(8-12-21)24-15-23(18-5-3-2-4-6-18)27-31(24)25(32)16-34-22-13-9-20(10-14-22)30-17-26-28-29-30/h2-14,17,24H,15-16H2,1H3/t24-/m1/s1. The minimum atomic E-state index is -0.226. The Balaban J connectivity index is 1.33. The topological polar surface area (TPSA) is 94.7 Å². The molecule has 1 aromatic heterocycles. The first-order chi connectivity index (χ1) is 16.7. The van der Waals surface area contributed by atoms with Crippen LogP contribution in [0.25, 0.3) is 5.69 Å². The largest absolute Gasteiger partial charge is 0.497 e. The van der Waals surface area contributed by atoms with Crippen LogP contribution in [0.4, 0.5) is 0 Å². The first-order valence-electron chi connectivity index (χ1n) is 10.8. The molecule has 0 saturated heterocycles. The summed E-state index contributed by atoms with van der Waals surface area (Å²) in [6.45, 7) is -0.136. The molecule has 4 aromatic rings. The molecule has 0 radical (unpaired) electrons. The number of rotatable bonds is 7. The molecule has 0 N–H and O–H groups in total. The summed E-state index contributed by atoms with van der Waals surface area (Å²) < 4.78 is 12.6. The van der Waals surface area contributed by atoms with Crippen molar-refractivity contribution in [3.63, 3.8) is 0 Å².